The Balaban J connectivity index is 2.07. The summed E-state index contributed by atoms with van der Waals surface area (Å²) in [5.74, 6) is -0.314. The van der Waals surface area contributed by atoms with Crippen LogP contribution in [-0.4, -0.2) is 34.1 Å². The van der Waals surface area contributed by atoms with E-state index >= 15 is 0 Å². The predicted molar refractivity (Wildman–Crippen MR) is 86.2 cm³/mol. The van der Waals surface area contributed by atoms with Crippen molar-refractivity contribution >= 4 is 27.6 Å². The average Bonchev–Trinajstić information content (AvgIpc) is 2.53. The molecule has 128 valence electrons. The molecule has 1 N–H and O–H groups in total. The van der Waals surface area contributed by atoms with Crippen LogP contribution in [0.5, 0.6) is 5.75 Å². The number of carbonyl (C=O) groups is 1. The number of nitrogens with one attached hydrogen (secondary N) is 1. The number of ether oxygens (including phenoxy) is 2. The fourth-order valence-electron chi connectivity index (χ4n) is 2.47. The molecule has 1 aromatic carbocycles. The number of esters is 1. The minimum atomic E-state index is -3.62. The zero-order valence-electron chi connectivity index (χ0n) is 12.9. The minimum Gasteiger partial charge on any atom is -0.480 e. The van der Waals surface area contributed by atoms with Gasteiger partial charge in [-0.1, -0.05) is 30.9 Å². The summed E-state index contributed by atoms with van der Waals surface area (Å²) in [5.41, 5.74) is 0. The molecular formula is C15H20ClNO5S. The Labute approximate surface area is 141 Å². The summed E-state index contributed by atoms with van der Waals surface area (Å²) < 4.78 is 37.1. The fourth-order valence-corrected chi connectivity index (χ4v) is 4.10. The monoisotopic (exact) mass is 361 g/mol. The van der Waals surface area contributed by atoms with Crippen LogP contribution >= 0.6 is 11.6 Å². The van der Waals surface area contributed by atoms with E-state index in [1.165, 1.54) is 25.3 Å². The molecule has 6 nitrogen and oxygen atoms in total. The molecule has 0 amide bonds. The summed E-state index contributed by atoms with van der Waals surface area (Å²) in [6.45, 7) is -0.289. The van der Waals surface area contributed by atoms with Crippen LogP contribution in [0.2, 0.25) is 5.02 Å². The molecule has 0 radical (unpaired) electrons. The molecule has 1 fully saturated rings. The smallest absolute Gasteiger partial charge is 0.343 e. The molecule has 1 aromatic rings. The van der Waals surface area contributed by atoms with Crippen molar-refractivity contribution in [1.29, 1.82) is 0 Å². The molecular weight excluding hydrogens is 342 g/mol. The van der Waals surface area contributed by atoms with Gasteiger partial charge in [0, 0.05) is 6.04 Å². The number of carbonyl (C=O) groups excluding carboxylic acids is 1. The number of rotatable bonds is 6. The summed E-state index contributed by atoms with van der Waals surface area (Å²) in [6.07, 6.45) is 4.93. The highest BCUT2D eigenvalue weighted by atomic mass is 35.5. The van der Waals surface area contributed by atoms with Gasteiger partial charge in [0.2, 0.25) is 10.0 Å². The van der Waals surface area contributed by atoms with Crippen LogP contribution in [0.25, 0.3) is 0 Å². The second-order valence-electron chi connectivity index (χ2n) is 5.41. The predicted octanol–water partition coefficient (Wildman–Crippen LogP) is 2.50. The first-order chi connectivity index (χ1) is 10.9. The molecule has 2 rings (SSSR count). The molecule has 0 spiro atoms. The van der Waals surface area contributed by atoms with Gasteiger partial charge in [0.25, 0.3) is 0 Å². The molecule has 1 saturated carbocycles. The van der Waals surface area contributed by atoms with Crippen LogP contribution < -0.4 is 9.46 Å². The molecule has 1 aliphatic carbocycles. The van der Waals surface area contributed by atoms with Crippen LogP contribution in [0, 0.1) is 0 Å². The highest BCUT2D eigenvalue weighted by Crippen LogP contribution is 2.28. The van der Waals surface area contributed by atoms with Gasteiger partial charge in [-0.2, -0.15) is 0 Å². The fraction of sp³-hybridized carbons (Fsp3) is 0.533. The van der Waals surface area contributed by atoms with Crippen molar-refractivity contribution < 1.29 is 22.7 Å². The normalized spacial score (nSPS) is 16.1. The van der Waals surface area contributed by atoms with E-state index < -0.39 is 16.0 Å². The highest BCUT2D eigenvalue weighted by molar-refractivity contribution is 7.89. The van der Waals surface area contributed by atoms with E-state index in [1.54, 1.807) is 0 Å². The standard InChI is InChI=1S/C15H20ClNO5S/c1-21-15(18)10-22-14-8-7-12(9-13(14)16)23(19,20)17-11-5-3-2-4-6-11/h7-9,11,17H,2-6,10H2,1H3. The van der Waals surface area contributed by atoms with E-state index in [-0.39, 0.29) is 28.3 Å². The Kier molecular flexibility index (Phi) is 6.26. The Morgan fingerprint density at radius 1 is 1.30 bits per heavy atom. The Morgan fingerprint density at radius 3 is 2.61 bits per heavy atom. The molecule has 0 saturated heterocycles. The maximum absolute atomic E-state index is 12.4. The van der Waals surface area contributed by atoms with Gasteiger partial charge in [-0.25, -0.2) is 17.9 Å². The third-order valence-corrected chi connectivity index (χ3v) is 5.53. The van der Waals surface area contributed by atoms with Crippen molar-refractivity contribution in [2.45, 2.75) is 43.0 Å². The Bertz CT molecular complexity index is 656. The third-order valence-electron chi connectivity index (χ3n) is 3.71. The van der Waals surface area contributed by atoms with Crippen molar-refractivity contribution in [2.75, 3.05) is 13.7 Å². The van der Waals surface area contributed by atoms with Crippen LogP contribution in [0.1, 0.15) is 32.1 Å². The van der Waals surface area contributed by atoms with E-state index in [2.05, 4.69) is 9.46 Å². The van der Waals surface area contributed by atoms with E-state index in [1.807, 2.05) is 0 Å². The van der Waals surface area contributed by atoms with Crippen LogP contribution in [0.3, 0.4) is 0 Å². The lowest BCUT2D eigenvalue weighted by Crippen LogP contribution is -2.36. The lowest BCUT2D eigenvalue weighted by molar-refractivity contribution is -0.142. The number of benzene rings is 1. The van der Waals surface area contributed by atoms with Crippen LogP contribution in [0.15, 0.2) is 23.1 Å². The number of methoxy groups -OCH3 is 1. The second kappa shape index (κ2) is 7.99. The first kappa shape index (κ1) is 18.0. The topological polar surface area (TPSA) is 81.7 Å². The van der Waals surface area contributed by atoms with Gasteiger partial charge >= 0.3 is 5.97 Å². The van der Waals surface area contributed by atoms with Crippen molar-refractivity contribution in [3.05, 3.63) is 23.2 Å². The molecule has 1 aliphatic rings. The quantitative estimate of drug-likeness (QED) is 0.787. The van der Waals surface area contributed by atoms with Crippen molar-refractivity contribution in [2.24, 2.45) is 0 Å². The van der Waals surface area contributed by atoms with Crippen molar-refractivity contribution in [3.63, 3.8) is 0 Å². The molecule has 0 bridgehead atoms. The summed E-state index contributed by atoms with van der Waals surface area (Å²) in [5, 5.41) is 0.125. The van der Waals surface area contributed by atoms with Gasteiger partial charge in [-0.15, -0.1) is 0 Å². The molecule has 8 heteroatoms. The number of halogens is 1. The minimum absolute atomic E-state index is 0.0252. The van der Waals surface area contributed by atoms with E-state index in [4.69, 9.17) is 16.3 Å². The lowest BCUT2D eigenvalue weighted by Gasteiger charge is -2.22. The highest BCUT2D eigenvalue weighted by Gasteiger charge is 2.22. The van der Waals surface area contributed by atoms with Gasteiger partial charge < -0.3 is 9.47 Å². The first-order valence-electron chi connectivity index (χ1n) is 7.44. The number of sulfonamides is 1. The molecule has 0 atom stereocenters. The average molecular weight is 362 g/mol. The zero-order chi connectivity index (χ0) is 16.9. The van der Waals surface area contributed by atoms with Gasteiger partial charge in [0.1, 0.15) is 5.75 Å². The summed E-state index contributed by atoms with van der Waals surface area (Å²) in [6, 6.07) is 4.13. The van der Waals surface area contributed by atoms with E-state index in [0.717, 1.165) is 32.1 Å². The van der Waals surface area contributed by atoms with Crippen molar-refractivity contribution in [3.8, 4) is 5.75 Å². The SMILES string of the molecule is COC(=O)COc1ccc(S(=O)(=O)NC2CCCCC2)cc1Cl. The maximum Gasteiger partial charge on any atom is 0.343 e. The van der Waals surface area contributed by atoms with Gasteiger partial charge in [-0.05, 0) is 31.0 Å². The largest absolute Gasteiger partial charge is 0.480 e. The van der Waals surface area contributed by atoms with Gasteiger partial charge in [0.05, 0.1) is 17.0 Å². The van der Waals surface area contributed by atoms with Gasteiger partial charge in [-0.3, -0.25) is 0 Å². The number of hydrogen-bond donors (Lipinski definition) is 1. The molecule has 0 aliphatic heterocycles. The van der Waals surface area contributed by atoms with Crippen LogP contribution in [0.4, 0.5) is 0 Å². The summed E-state index contributed by atoms with van der Waals surface area (Å²) in [4.78, 5) is 11.1. The molecule has 23 heavy (non-hydrogen) atoms. The Morgan fingerprint density at radius 2 is 2.00 bits per heavy atom. The second-order valence-corrected chi connectivity index (χ2v) is 7.53. The molecule has 0 aromatic heterocycles. The summed E-state index contributed by atoms with van der Waals surface area (Å²) >= 11 is 6.04. The van der Waals surface area contributed by atoms with Crippen LogP contribution in [-0.2, 0) is 19.6 Å². The summed E-state index contributed by atoms with van der Waals surface area (Å²) in [7, 11) is -2.37. The molecule has 0 heterocycles. The number of hydrogen-bond acceptors (Lipinski definition) is 5. The van der Waals surface area contributed by atoms with E-state index in [9.17, 15) is 13.2 Å². The Hall–Kier alpha value is -1.31. The van der Waals surface area contributed by atoms with Gasteiger partial charge in [0.15, 0.2) is 6.61 Å². The molecule has 0 unspecified atom stereocenters. The third kappa shape index (κ3) is 5.09. The van der Waals surface area contributed by atoms with E-state index in [0.29, 0.717) is 0 Å². The lowest BCUT2D eigenvalue weighted by atomic mass is 9.96. The first-order valence-corrected chi connectivity index (χ1v) is 9.30. The zero-order valence-corrected chi connectivity index (χ0v) is 14.5. The van der Waals surface area contributed by atoms with Crippen molar-refractivity contribution in [1.82, 2.24) is 4.72 Å². The maximum atomic E-state index is 12.4.